The lowest BCUT2D eigenvalue weighted by Gasteiger charge is -2.26. The molecule has 1 aliphatic carbocycles. The molecule has 2 aromatic rings. The van der Waals surface area contributed by atoms with Gasteiger partial charge in [0.05, 0.1) is 22.6 Å². The molecule has 2 unspecified atom stereocenters. The maximum atomic E-state index is 13.3. The summed E-state index contributed by atoms with van der Waals surface area (Å²) in [7, 11) is -4.12. The summed E-state index contributed by atoms with van der Waals surface area (Å²) in [5, 5.41) is 6.84. The normalized spacial score (nSPS) is 20.7. The monoisotopic (exact) mass is 423 g/mol. The van der Waals surface area contributed by atoms with Crippen LogP contribution in [0.25, 0.3) is 0 Å². The highest BCUT2D eigenvalue weighted by Crippen LogP contribution is 2.35. The highest BCUT2D eigenvalue weighted by atomic mass is 32.2. The number of hydrazone groups is 1. The third-order valence-corrected chi connectivity index (χ3v) is 6.54. The molecule has 0 radical (unpaired) electrons. The number of amides is 1. The van der Waals surface area contributed by atoms with Gasteiger partial charge in [-0.3, -0.25) is 14.4 Å². The van der Waals surface area contributed by atoms with E-state index in [4.69, 9.17) is 0 Å². The van der Waals surface area contributed by atoms with Gasteiger partial charge in [-0.05, 0) is 35.9 Å². The Kier molecular flexibility index (Phi) is 4.83. The van der Waals surface area contributed by atoms with E-state index in [9.17, 15) is 22.8 Å². The molecule has 1 aliphatic heterocycles. The Morgan fingerprint density at radius 2 is 1.70 bits per heavy atom. The van der Waals surface area contributed by atoms with Gasteiger partial charge in [-0.15, -0.1) is 0 Å². The molecule has 0 spiro atoms. The largest absolute Gasteiger partial charge is 0.326 e. The first-order chi connectivity index (χ1) is 14.3. The Labute approximate surface area is 172 Å². The predicted octanol–water partition coefficient (Wildman–Crippen LogP) is 1.75. The molecule has 2 aliphatic rings. The number of allylic oxidation sites excluding steroid dienone is 1. The molecular formula is C21H17N3O5S. The van der Waals surface area contributed by atoms with E-state index in [1.54, 1.807) is 30.3 Å². The number of carbonyl (C=O) groups excluding carboxylic acids is 3. The third kappa shape index (κ3) is 3.33. The summed E-state index contributed by atoms with van der Waals surface area (Å²) < 4.78 is 27.5. The van der Waals surface area contributed by atoms with E-state index in [0.717, 1.165) is 10.5 Å². The van der Waals surface area contributed by atoms with Gasteiger partial charge in [0.1, 0.15) is 0 Å². The van der Waals surface area contributed by atoms with Crippen molar-refractivity contribution >= 4 is 38.9 Å². The van der Waals surface area contributed by atoms with Gasteiger partial charge in [0.25, 0.3) is 10.0 Å². The van der Waals surface area contributed by atoms with Gasteiger partial charge in [-0.25, -0.2) is 0 Å². The Balaban J connectivity index is 1.77. The second-order valence-electron chi connectivity index (χ2n) is 6.89. The molecule has 2 atom stereocenters. The number of carbonyl (C=O) groups is 3. The minimum Gasteiger partial charge on any atom is -0.326 e. The zero-order valence-electron chi connectivity index (χ0n) is 15.8. The number of nitrogens with zero attached hydrogens (tertiary/aromatic N) is 2. The second-order valence-corrected chi connectivity index (χ2v) is 8.69. The SMILES string of the molecule is CC(=O)Nc1ccc(S(=O)(=O)N2N=C(c3ccccc3)C3C(=O)C(=O)C=CC32)cc1. The number of fused-ring (bicyclic) bond motifs is 1. The summed E-state index contributed by atoms with van der Waals surface area (Å²) in [6.07, 6.45) is 2.49. The van der Waals surface area contributed by atoms with E-state index in [1.807, 2.05) is 0 Å². The quantitative estimate of drug-likeness (QED) is 0.753. The topological polar surface area (TPSA) is 113 Å². The number of sulfonamides is 1. The van der Waals surface area contributed by atoms with Crippen LogP contribution in [-0.4, -0.2) is 42.1 Å². The molecule has 152 valence electrons. The summed E-state index contributed by atoms with van der Waals surface area (Å²) in [6, 6.07) is 13.4. The Morgan fingerprint density at radius 1 is 1.03 bits per heavy atom. The molecule has 0 fully saturated rings. The van der Waals surface area contributed by atoms with Crippen molar-refractivity contribution < 1.29 is 22.8 Å². The van der Waals surface area contributed by atoms with Crippen LogP contribution in [0.1, 0.15) is 12.5 Å². The number of ketones is 2. The van der Waals surface area contributed by atoms with Crippen LogP contribution in [0.5, 0.6) is 0 Å². The maximum absolute atomic E-state index is 13.3. The van der Waals surface area contributed by atoms with Crippen molar-refractivity contribution in [2.75, 3.05) is 5.32 Å². The fraction of sp³-hybridized carbons (Fsp3) is 0.143. The van der Waals surface area contributed by atoms with Crippen LogP contribution in [-0.2, 0) is 24.4 Å². The van der Waals surface area contributed by atoms with Crippen LogP contribution in [0.15, 0.2) is 76.7 Å². The van der Waals surface area contributed by atoms with Gasteiger partial charge in [-0.1, -0.05) is 36.4 Å². The number of nitrogens with one attached hydrogen (secondary N) is 1. The van der Waals surface area contributed by atoms with Crippen molar-refractivity contribution in [1.82, 2.24) is 4.41 Å². The zero-order valence-corrected chi connectivity index (χ0v) is 16.7. The maximum Gasteiger partial charge on any atom is 0.279 e. The van der Waals surface area contributed by atoms with Crippen LogP contribution in [0.4, 0.5) is 5.69 Å². The molecular weight excluding hydrogens is 406 g/mol. The van der Waals surface area contributed by atoms with Crippen molar-refractivity contribution in [2.45, 2.75) is 17.9 Å². The van der Waals surface area contributed by atoms with Gasteiger partial charge in [0, 0.05) is 12.6 Å². The molecule has 0 aromatic heterocycles. The first kappa shape index (κ1) is 19.7. The number of hydrogen-bond donors (Lipinski definition) is 1. The van der Waals surface area contributed by atoms with E-state index in [2.05, 4.69) is 10.4 Å². The van der Waals surface area contributed by atoms with Gasteiger partial charge in [-0.2, -0.15) is 17.9 Å². The molecule has 0 bridgehead atoms. The van der Waals surface area contributed by atoms with Gasteiger partial charge in [0.2, 0.25) is 17.5 Å². The molecule has 2 aromatic carbocycles. The molecule has 0 saturated carbocycles. The van der Waals surface area contributed by atoms with Crippen LogP contribution in [0, 0.1) is 5.92 Å². The number of rotatable bonds is 4. The predicted molar refractivity (Wildman–Crippen MR) is 109 cm³/mol. The van der Waals surface area contributed by atoms with Crippen LogP contribution >= 0.6 is 0 Å². The molecule has 0 saturated heterocycles. The van der Waals surface area contributed by atoms with Crippen molar-refractivity contribution in [1.29, 1.82) is 0 Å². The lowest BCUT2D eigenvalue weighted by atomic mass is 9.83. The average Bonchev–Trinajstić information content (AvgIpc) is 3.12. The van der Waals surface area contributed by atoms with Gasteiger partial charge in [0.15, 0.2) is 0 Å². The Hall–Kier alpha value is -3.59. The molecule has 9 heteroatoms. The molecule has 1 amide bonds. The van der Waals surface area contributed by atoms with Crippen molar-refractivity contribution in [2.24, 2.45) is 11.0 Å². The number of benzene rings is 2. The average molecular weight is 423 g/mol. The van der Waals surface area contributed by atoms with Gasteiger partial charge >= 0.3 is 0 Å². The third-order valence-electron chi connectivity index (χ3n) is 4.86. The Morgan fingerprint density at radius 3 is 2.33 bits per heavy atom. The molecule has 4 rings (SSSR count). The summed E-state index contributed by atoms with van der Waals surface area (Å²) in [6.45, 7) is 1.35. The number of anilines is 1. The van der Waals surface area contributed by atoms with E-state index in [0.29, 0.717) is 11.3 Å². The van der Waals surface area contributed by atoms with Crippen molar-refractivity contribution in [3.63, 3.8) is 0 Å². The summed E-state index contributed by atoms with van der Waals surface area (Å²) in [5.41, 5.74) is 1.26. The van der Waals surface area contributed by atoms with Crippen LogP contribution in [0.2, 0.25) is 0 Å². The molecule has 8 nitrogen and oxygen atoms in total. The zero-order chi connectivity index (χ0) is 21.5. The summed E-state index contributed by atoms with van der Waals surface area (Å²) >= 11 is 0. The van der Waals surface area contributed by atoms with E-state index in [1.165, 1.54) is 37.3 Å². The minimum atomic E-state index is -4.12. The lowest BCUT2D eigenvalue weighted by Crippen LogP contribution is -2.44. The number of hydrogen-bond acceptors (Lipinski definition) is 6. The first-order valence-electron chi connectivity index (χ1n) is 9.11. The van der Waals surface area contributed by atoms with Crippen molar-refractivity contribution in [3.8, 4) is 0 Å². The van der Waals surface area contributed by atoms with E-state index in [-0.39, 0.29) is 16.5 Å². The molecule has 1 heterocycles. The summed E-state index contributed by atoms with van der Waals surface area (Å²) in [4.78, 5) is 35.7. The van der Waals surface area contributed by atoms with Crippen LogP contribution < -0.4 is 5.32 Å². The second kappa shape index (κ2) is 7.34. The summed E-state index contributed by atoms with van der Waals surface area (Å²) in [5.74, 6) is -2.65. The van der Waals surface area contributed by atoms with Crippen LogP contribution in [0.3, 0.4) is 0 Å². The molecule has 30 heavy (non-hydrogen) atoms. The lowest BCUT2D eigenvalue weighted by molar-refractivity contribution is -0.135. The highest BCUT2D eigenvalue weighted by Gasteiger charge is 2.49. The molecule has 1 N–H and O–H groups in total. The smallest absolute Gasteiger partial charge is 0.279 e. The van der Waals surface area contributed by atoms with Gasteiger partial charge < -0.3 is 5.32 Å². The fourth-order valence-corrected chi connectivity index (χ4v) is 4.90. The number of Topliss-reactive ketones (excluding diaryl/α,β-unsaturated/α-hetero) is 1. The first-order valence-corrected chi connectivity index (χ1v) is 10.6. The van der Waals surface area contributed by atoms with E-state index >= 15 is 0 Å². The Bertz CT molecular complexity index is 1200. The standard InChI is InChI=1S/C21H17N3O5S/c1-13(25)22-15-7-9-16(10-8-15)30(28,29)24-17-11-12-18(26)21(27)19(17)20(23-24)14-5-3-2-4-6-14/h2-12,17,19H,1H3,(H,22,25). The van der Waals surface area contributed by atoms with E-state index < -0.39 is 33.5 Å². The van der Waals surface area contributed by atoms with Crippen molar-refractivity contribution in [3.05, 3.63) is 72.3 Å². The fourth-order valence-electron chi connectivity index (χ4n) is 3.49. The highest BCUT2D eigenvalue weighted by molar-refractivity contribution is 7.89. The minimum absolute atomic E-state index is 0.0498.